The molecule has 0 aromatic heterocycles. The van der Waals surface area contributed by atoms with Crippen molar-refractivity contribution in [3.05, 3.63) is 82.8 Å². The minimum atomic E-state index is -0.574. The molecule has 0 atom stereocenters. The summed E-state index contributed by atoms with van der Waals surface area (Å²) in [7, 11) is 0. The first kappa shape index (κ1) is 19.7. The van der Waals surface area contributed by atoms with Gasteiger partial charge in [-0.3, -0.25) is 19.3 Å². The third-order valence-electron chi connectivity index (χ3n) is 4.62. The van der Waals surface area contributed by atoms with Gasteiger partial charge in [-0.2, -0.15) is 0 Å². The zero-order chi connectivity index (χ0) is 21.1. The smallest absolute Gasteiger partial charge is 0.293 e. The van der Waals surface area contributed by atoms with E-state index in [9.17, 15) is 14.4 Å². The van der Waals surface area contributed by atoms with Crippen molar-refractivity contribution >= 4 is 45.7 Å². The van der Waals surface area contributed by atoms with Gasteiger partial charge in [0.1, 0.15) is 5.75 Å². The molecule has 1 heterocycles. The fourth-order valence-corrected chi connectivity index (χ4v) is 4.08. The van der Waals surface area contributed by atoms with Crippen molar-refractivity contribution in [1.82, 2.24) is 4.90 Å². The zero-order valence-corrected chi connectivity index (χ0v) is 16.7. The number of benzene rings is 3. The molecule has 0 unspecified atom stereocenters. The van der Waals surface area contributed by atoms with Crippen LogP contribution >= 0.6 is 11.8 Å². The van der Waals surface area contributed by atoms with Gasteiger partial charge in [0.05, 0.1) is 11.4 Å². The number of carbonyl (C=O) groups is 3. The maximum atomic E-state index is 12.9. The molecule has 3 amide bonds. The van der Waals surface area contributed by atoms with E-state index in [4.69, 9.17) is 10.5 Å². The van der Waals surface area contributed by atoms with Crippen LogP contribution < -0.4 is 10.5 Å². The van der Waals surface area contributed by atoms with Gasteiger partial charge in [-0.15, -0.1) is 0 Å². The number of imide groups is 1. The molecule has 2 N–H and O–H groups in total. The lowest BCUT2D eigenvalue weighted by molar-refractivity contribution is -0.123. The molecule has 150 valence electrons. The van der Waals surface area contributed by atoms with Crippen LogP contribution in [0.3, 0.4) is 0 Å². The van der Waals surface area contributed by atoms with E-state index in [0.29, 0.717) is 16.2 Å². The van der Waals surface area contributed by atoms with Crippen LogP contribution in [0, 0.1) is 0 Å². The highest BCUT2D eigenvalue weighted by Gasteiger charge is 2.35. The van der Waals surface area contributed by atoms with Crippen LogP contribution in [-0.4, -0.2) is 28.6 Å². The van der Waals surface area contributed by atoms with Crippen molar-refractivity contribution in [2.75, 3.05) is 6.61 Å². The third-order valence-corrected chi connectivity index (χ3v) is 5.53. The van der Waals surface area contributed by atoms with Gasteiger partial charge in [-0.1, -0.05) is 54.6 Å². The van der Waals surface area contributed by atoms with Crippen LogP contribution in [0.5, 0.6) is 5.75 Å². The monoisotopic (exact) mass is 418 g/mol. The Balaban J connectivity index is 1.55. The Morgan fingerprint density at radius 1 is 1.03 bits per heavy atom. The number of ether oxygens (including phenoxy) is 1. The molecule has 1 aliphatic heterocycles. The Hall–Kier alpha value is -3.58. The summed E-state index contributed by atoms with van der Waals surface area (Å²) in [6.45, 7) is -0.0177. The molecule has 6 nitrogen and oxygen atoms in total. The molecule has 0 saturated carbocycles. The molecular weight excluding hydrogens is 400 g/mol. The van der Waals surface area contributed by atoms with Gasteiger partial charge in [0.15, 0.2) is 6.61 Å². The van der Waals surface area contributed by atoms with Gasteiger partial charge in [-0.25, -0.2) is 0 Å². The molecule has 30 heavy (non-hydrogen) atoms. The summed E-state index contributed by atoms with van der Waals surface area (Å²) in [5.74, 6) is -0.450. The summed E-state index contributed by atoms with van der Waals surface area (Å²) in [6, 6.07) is 20.6. The molecule has 3 aromatic rings. The first-order valence-corrected chi connectivity index (χ1v) is 10.1. The van der Waals surface area contributed by atoms with Crippen molar-refractivity contribution < 1.29 is 19.1 Å². The van der Waals surface area contributed by atoms with Gasteiger partial charge in [0.2, 0.25) is 0 Å². The van der Waals surface area contributed by atoms with Gasteiger partial charge < -0.3 is 10.5 Å². The highest BCUT2D eigenvalue weighted by atomic mass is 32.2. The third kappa shape index (κ3) is 4.21. The van der Waals surface area contributed by atoms with Gasteiger partial charge in [0, 0.05) is 0 Å². The van der Waals surface area contributed by atoms with Gasteiger partial charge >= 0.3 is 0 Å². The van der Waals surface area contributed by atoms with Crippen LogP contribution in [0.2, 0.25) is 0 Å². The van der Waals surface area contributed by atoms with Crippen molar-refractivity contribution in [1.29, 1.82) is 0 Å². The Bertz CT molecular complexity index is 1180. The van der Waals surface area contributed by atoms with Gasteiger partial charge in [-0.05, 0) is 51.9 Å². The predicted molar refractivity (Wildman–Crippen MR) is 117 cm³/mol. The number of rotatable bonds is 6. The van der Waals surface area contributed by atoms with E-state index in [1.54, 1.807) is 30.3 Å². The van der Waals surface area contributed by atoms with Crippen LogP contribution in [0.1, 0.15) is 11.1 Å². The minimum absolute atomic E-state index is 0.213. The molecule has 0 bridgehead atoms. The van der Waals surface area contributed by atoms with E-state index in [1.807, 2.05) is 42.5 Å². The zero-order valence-electron chi connectivity index (χ0n) is 15.9. The second kappa shape index (κ2) is 8.42. The normalized spacial score (nSPS) is 15.2. The number of nitrogens with two attached hydrogens (primary N) is 1. The molecule has 0 aliphatic carbocycles. The summed E-state index contributed by atoms with van der Waals surface area (Å²) in [4.78, 5) is 37.9. The van der Waals surface area contributed by atoms with Crippen LogP contribution in [0.15, 0.2) is 71.6 Å². The Morgan fingerprint density at radius 2 is 1.80 bits per heavy atom. The maximum Gasteiger partial charge on any atom is 0.293 e. The molecule has 1 saturated heterocycles. The minimum Gasteiger partial charge on any atom is -0.484 e. The van der Waals surface area contributed by atoms with E-state index in [2.05, 4.69) is 0 Å². The molecule has 1 aliphatic rings. The summed E-state index contributed by atoms with van der Waals surface area (Å²) < 4.78 is 5.29. The first-order valence-electron chi connectivity index (χ1n) is 9.24. The maximum absolute atomic E-state index is 12.9. The number of nitrogens with zero attached hydrogens (tertiary/aromatic N) is 1. The van der Waals surface area contributed by atoms with E-state index < -0.39 is 5.91 Å². The second-order valence-electron chi connectivity index (χ2n) is 6.73. The molecule has 1 fully saturated rings. The number of hydrogen-bond donors (Lipinski definition) is 1. The molecule has 3 aromatic carbocycles. The lowest BCUT2D eigenvalue weighted by atomic mass is 10.0. The Labute approximate surface area is 177 Å². The highest BCUT2D eigenvalue weighted by Crippen LogP contribution is 2.34. The topological polar surface area (TPSA) is 89.7 Å². The highest BCUT2D eigenvalue weighted by molar-refractivity contribution is 8.18. The fourth-order valence-electron chi connectivity index (χ4n) is 3.24. The van der Waals surface area contributed by atoms with Crippen molar-refractivity contribution in [3.63, 3.8) is 0 Å². The summed E-state index contributed by atoms with van der Waals surface area (Å²) >= 11 is 0.909. The van der Waals surface area contributed by atoms with Crippen LogP contribution in [0.4, 0.5) is 4.79 Å². The average Bonchev–Trinajstić information content (AvgIpc) is 3.00. The SMILES string of the molecule is NC(=O)COc1cccc(/C=C2\SC(=O)N(Cc3cccc4ccccc34)C2=O)c1. The Morgan fingerprint density at radius 3 is 2.63 bits per heavy atom. The van der Waals surface area contributed by atoms with Crippen molar-refractivity contribution in [3.8, 4) is 5.75 Å². The summed E-state index contributed by atoms with van der Waals surface area (Å²) in [5.41, 5.74) is 6.69. The second-order valence-corrected chi connectivity index (χ2v) is 7.73. The molecule has 4 rings (SSSR count). The van der Waals surface area contributed by atoms with E-state index in [0.717, 1.165) is 28.1 Å². The standard InChI is InChI=1S/C23H18N2O4S/c24-21(26)14-29-18-9-3-5-15(11-18)12-20-22(27)25(23(28)30-20)13-17-8-4-7-16-6-1-2-10-19(16)17/h1-12H,13-14H2,(H2,24,26)/b20-12-. The molecule has 0 spiro atoms. The largest absolute Gasteiger partial charge is 0.484 e. The molecule has 0 radical (unpaired) electrons. The lowest BCUT2D eigenvalue weighted by Gasteiger charge is -2.14. The van der Waals surface area contributed by atoms with E-state index >= 15 is 0 Å². The number of fused-ring (bicyclic) bond motifs is 1. The number of amides is 3. The molecule has 7 heteroatoms. The quantitative estimate of drug-likeness (QED) is 0.613. The summed E-state index contributed by atoms with van der Waals surface area (Å²) in [5, 5.41) is 1.77. The number of thioether (sulfide) groups is 1. The van der Waals surface area contributed by atoms with Crippen LogP contribution in [0.25, 0.3) is 16.8 Å². The predicted octanol–water partition coefficient (Wildman–Crippen LogP) is 3.94. The van der Waals surface area contributed by atoms with Crippen LogP contribution in [-0.2, 0) is 16.1 Å². The lowest BCUT2D eigenvalue weighted by Crippen LogP contribution is -2.27. The van der Waals surface area contributed by atoms with Crippen molar-refractivity contribution in [2.45, 2.75) is 6.54 Å². The van der Waals surface area contributed by atoms with Crippen molar-refractivity contribution in [2.24, 2.45) is 5.73 Å². The van der Waals surface area contributed by atoms with Gasteiger partial charge in [0.25, 0.3) is 17.1 Å². The molecular formula is C23H18N2O4S. The summed E-state index contributed by atoms with van der Waals surface area (Å²) in [6.07, 6.45) is 1.64. The number of carbonyl (C=O) groups excluding carboxylic acids is 3. The fraction of sp³-hybridized carbons (Fsp3) is 0.0870. The number of primary amides is 1. The Kier molecular flexibility index (Phi) is 5.54. The first-order chi connectivity index (χ1) is 14.5. The van der Waals surface area contributed by atoms with E-state index in [1.165, 1.54) is 4.90 Å². The number of hydrogen-bond acceptors (Lipinski definition) is 5. The van der Waals surface area contributed by atoms with E-state index in [-0.39, 0.29) is 24.3 Å². The average molecular weight is 418 g/mol.